The second-order valence-corrected chi connectivity index (χ2v) is 8.16. The first kappa shape index (κ1) is 19.1. The number of imidazole rings is 1. The number of rotatable bonds is 6. The number of aromatic nitrogens is 3. The molecule has 2 aliphatic heterocycles. The van der Waals surface area contributed by atoms with E-state index in [1.54, 1.807) is 7.11 Å². The fourth-order valence-electron chi connectivity index (χ4n) is 4.75. The molecule has 6 heteroatoms. The van der Waals surface area contributed by atoms with Crippen molar-refractivity contribution in [2.45, 2.75) is 25.3 Å². The standard InChI is InChI=1S/C24H28N4O2/c1-29-23-15-19(4-5-21(23)27-11-2-3-12-27)24-26-10-13-28(24)22-17-30-16-20(22)14-18-6-8-25-9-7-18/h4-10,13,15,20,22H,2-3,11-12,14,16-17H2,1H3/t20-,22-/m1/s1. The molecule has 0 aliphatic carbocycles. The molecular weight excluding hydrogens is 376 g/mol. The van der Waals surface area contributed by atoms with Crippen LogP contribution in [0.15, 0.2) is 55.1 Å². The molecule has 156 valence electrons. The van der Waals surface area contributed by atoms with E-state index in [-0.39, 0.29) is 6.04 Å². The zero-order valence-corrected chi connectivity index (χ0v) is 17.4. The number of hydrogen-bond acceptors (Lipinski definition) is 5. The Labute approximate surface area is 177 Å². The minimum Gasteiger partial charge on any atom is -0.495 e. The summed E-state index contributed by atoms with van der Waals surface area (Å²) in [6, 6.07) is 10.9. The number of benzene rings is 1. The third-order valence-electron chi connectivity index (χ3n) is 6.32. The van der Waals surface area contributed by atoms with E-state index in [1.807, 2.05) is 18.6 Å². The third-order valence-corrected chi connectivity index (χ3v) is 6.32. The van der Waals surface area contributed by atoms with Gasteiger partial charge in [-0.05, 0) is 55.2 Å². The van der Waals surface area contributed by atoms with Gasteiger partial charge in [-0.2, -0.15) is 0 Å². The highest BCUT2D eigenvalue weighted by Crippen LogP contribution is 2.37. The summed E-state index contributed by atoms with van der Waals surface area (Å²) < 4.78 is 13.9. The normalized spacial score (nSPS) is 21.3. The van der Waals surface area contributed by atoms with Gasteiger partial charge in [0.15, 0.2) is 0 Å². The summed E-state index contributed by atoms with van der Waals surface area (Å²) in [6.45, 7) is 3.67. The average molecular weight is 405 g/mol. The van der Waals surface area contributed by atoms with Gasteiger partial charge < -0.3 is 18.9 Å². The zero-order chi connectivity index (χ0) is 20.3. The van der Waals surface area contributed by atoms with Crippen LogP contribution in [0, 0.1) is 5.92 Å². The molecule has 4 heterocycles. The Bertz CT molecular complexity index is 982. The second-order valence-electron chi connectivity index (χ2n) is 8.16. The van der Waals surface area contributed by atoms with Crippen LogP contribution in [0.2, 0.25) is 0 Å². The number of methoxy groups -OCH3 is 1. The maximum atomic E-state index is 5.89. The molecular formula is C24H28N4O2. The fraction of sp³-hybridized carbons (Fsp3) is 0.417. The highest BCUT2D eigenvalue weighted by molar-refractivity contribution is 5.68. The minimum atomic E-state index is 0.264. The van der Waals surface area contributed by atoms with Gasteiger partial charge in [-0.15, -0.1) is 0 Å². The van der Waals surface area contributed by atoms with Crippen LogP contribution in [0.3, 0.4) is 0 Å². The van der Waals surface area contributed by atoms with E-state index in [1.165, 1.54) is 24.1 Å². The van der Waals surface area contributed by atoms with Crippen LogP contribution in [0.5, 0.6) is 5.75 Å². The molecule has 0 bridgehead atoms. The maximum Gasteiger partial charge on any atom is 0.142 e. The quantitative estimate of drug-likeness (QED) is 0.622. The summed E-state index contributed by atoms with van der Waals surface area (Å²) >= 11 is 0. The molecule has 0 spiro atoms. The van der Waals surface area contributed by atoms with E-state index < -0.39 is 0 Å². The van der Waals surface area contributed by atoms with Gasteiger partial charge in [-0.1, -0.05) is 0 Å². The molecule has 0 N–H and O–H groups in total. The van der Waals surface area contributed by atoms with Crippen LogP contribution < -0.4 is 9.64 Å². The van der Waals surface area contributed by atoms with E-state index in [9.17, 15) is 0 Å². The summed E-state index contributed by atoms with van der Waals surface area (Å²) in [5.41, 5.74) is 3.55. The first-order valence-electron chi connectivity index (χ1n) is 10.8. The summed E-state index contributed by atoms with van der Waals surface area (Å²) in [5.74, 6) is 2.29. The third kappa shape index (κ3) is 3.67. The molecule has 2 aromatic heterocycles. The molecule has 6 nitrogen and oxygen atoms in total. The van der Waals surface area contributed by atoms with Gasteiger partial charge >= 0.3 is 0 Å². The van der Waals surface area contributed by atoms with Crippen LogP contribution in [-0.4, -0.2) is 47.9 Å². The molecule has 0 unspecified atom stereocenters. The smallest absolute Gasteiger partial charge is 0.142 e. The van der Waals surface area contributed by atoms with E-state index in [4.69, 9.17) is 14.5 Å². The SMILES string of the molecule is COc1cc(-c2nccn2[C@@H]2COC[C@H]2Cc2ccncc2)ccc1N1CCCC1. The van der Waals surface area contributed by atoms with Crippen molar-refractivity contribution in [1.29, 1.82) is 0 Å². The molecule has 2 aliphatic rings. The highest BCUT2D eigenvalue weighted by Gasteiger charge is 2.31. The topological polar surface area (TPSA) is 52.4 Å². The summed E-state index contributed by atoms with van der Waals surface area (Å²) in [5, 5.41) is 0. The highest BCUT2D eigenvalue weighted by atomic mass is 16.5. The Morgan fingerprint density at radius 2 is 1.90 bits per heavy atom. The molecule has 1 aromatic carbocycles. The van der Waals surface area contributed by atoms with Gasteiger partial charge in [0.2, 0.25) is 0 Å². The van der Waals surface area contributed by atoms with Crippen molar-refractivity contribution in [3.05, 3.63) is 60.7 Å². The van der Waals surface area contributed by atoms with Crippen LogP contribution in [0.25, 0.3) is 11.4 Å². The fourth-order valence-corrected chi connectivity index (χ4v) is 4.75. The second kappa shape index (κ2) is 8.48. The van der Waals surface area contributed by atoms with Gasteiger partial charge in [-0.3, -0.25) is 4.98 Å². The monoisotopic (exact) mass is 404 g/mol. The van der Waals surface area contributed by atoms with Gasteiger partial charge in [0.05, 0.1) is 32.1 Å². The lowest BCUT2D eigenvalue weighted by molar-refractivity contribution is 0.181. The predicted molar refractivity (Wildman–Crippen MR) is 117 cm³/mol. The van der Waals surface area contributed by atoms with E-state index in [0.29, 0.717) is 12.5 Å². The summed E-state index contributed by atoms with van der Waals surface area (Å²) in [4.78, 5) is 11.2. The first-order chi connectivity index (χ1) is 14.8. The Morgan fingerprint density at radius 3 is 2.70 bits per heavy atom. The van der Waals surface area contributed by atoms with Crippen LogP contribution in [0.4, 0.5) is 5.69 Å². The van der Waals surface area contributed by atoms with Gasteiger partial charge in [0, 0.05) is 49.4 Å². The van der Waals surface area contributed by atoms with E-state index >= 15 is 0 Å². The molecule has 3 aromatic rings. The van der Waals surface area contributed by atoms with Crippen molar-refractivity contribution >= 4 is 5.69 Å². The van der Waals surface area contributed by atoms with Crippen molar-refractivity contribution < 1.29 is 9.47 Å². The van der Waals surface area contributed by atoms with Crippen molar-refractivity contribution in [2.24, 2.45) is 5.92 Å². The Kier molecular flexibility index (Phi) is 5.41. The van der Waals surface area contributed by atoms with Crippen LogP contribution in [0.1, 0.15) is 24.4 Å². The van der Waals surface area contributed by atoms with Crippen LogP contribution in [-0.2, 0) is 11.2 Å². The van der Waals surface area contributed by atoms with Crippen molar-refractivity contribution in [2.75, 3.05) is 38.3 Å². The average Bonchev–Trinajstić information content (AvgIpc) is 3.55. The van der Waals surface area contributed by atoms with Gasteiger partial charge in [0.1, 0.15) is 11.6 Å². The maximum absolute atomic E-state index is 5.89. The first-order valence-corrected chi connectivity index (χ1v) is 10.8. The number of nitrogens with zero attached hydrogens (tertiary/aromatic N) is 4. The van der Waals surface area contributed by atoms with Gasteiger partial charge in [0.25, 0.3) is 0 Å². The summed E-state index contributed by atoms with van der Waals surface area (Å²) in [7, 11) is 1.75. The number of pyridine rings is 1. The lowest BCUT2D eigenvalue weighted by Gasteiger charge is -2.23. The molecule has 2 atom stereocenters. The van der Waals surface area contributed by atoms with E-state index in [2.05, 4.69) is 51.0 Å². The molecule has 0 radical (unpaired) electrons. The largest absolute Gasteiger partial charge is 0.495 e. The Balaban J connectivity index is 1.43. The van der Waals surface area contributed by atoms with Crippen LogP contribution >= 0.6 is 0 Å². The Hall–Kier alpha value is -2.86. The molecule has 2 fully saturated rings. The number of hydrogen-bond donors (Lipinski definition) is 0. The molecule has 30 heavy (non-hydrogen) atoms. The minimum absolute atomic E-state index is 0.264. The molecule has 5 rings (SSSR count). The lowest BCUT2D eigenvalue weighted by Crippen LogP contribution is -2.20. The zero-order valence-electron chi connectivity index (χ0n) is 17.4. The van der Waals surface area contributed by atoms with Crippen molar-refractivity contribution in [3.8, 4) is 17.1 Å². The van der Waals surface area contributed by atoms with E-state index in [0.717, 1.165) is 43.3 Å². The van der Waals surface area contributed by atoms with Crippen molar-refractivity contribution in [1.82, 2.24) is 14.5 Å². The molecule has 0 saturated carbocycles. The molecule has 0 amide bonds. The van der Waals surface area contributed by atoms with Gasteiger partial charge in [-0.25, -0.2) is 4.98 Å². The number of anilines is 1. The Morgan fingerprint density at radius 1 is 1.07 bits per heavy atom. The van der Waals surface area contributed by atoms with Crippen molar-refractivity contribution in [3.63, 3.8) is 0 Å². The number of ether oxygens (including phenoxy) is 2. The lowest BCUT2D eigenvalue weighted by atomic mass is 9.95. The molecule has 2 saturated heterocycles. The predicted octanol–water partition coefficient (Wildman–Crippen LogP) is 3.98. The summed E-state index contributed by atoms with van der Waals surface area (Å²) in [6.07, 6.45) is 11.1.